The van der Waals surface area contributed by atoms with Gasteiger partial charge in [-0.15, -0.1) is 11.3 Å². The lowest BCUT2D eigenvalue weighted by molar-refractivity contribution is -0.138. The molecule has 130 valence electrons. The molecule has 2 amide bonds. The molecular formula is C19H21N3O2S. The quantitative estimate of drug-likeness (QED) is 0.850. The Bertz CT molecular complexity index is 789. The summed E-state index contributed by atoms with van der Waals surface area (Å²) in [6.07, 6.45) is 2.19. The third kappa shape index (κ3) is 3.18. The Labute approximate surface area is 151 Å². The largest absolute Gasteiger partial charge is 0.341 e. The van der Waals surface area contributed by atoms with Crippen molar-refractivity contribution in [2.45, 2.75) is 25.3 Å². The average molecular weight is 355 g/mol. The van der Waals surface area contributed by atoms with E-state index in [4.69, 9.17) is 0 Å². The van der Waals surface area contributed by atoms with Crippen LogP contribution in [-0.2, 0) is 16.0 Å². The maximum atomic E-state index is 12.8. The van der Waals surface area contributed by atoms with Crippen LogP contribution in [0.5, 0.6) is 0 Å². The number of hydrogen-bond donors (Lipinski definition) is 0. The van der Waals surface area contributed by atoms with Gasteiger partial charge in [-0.3, -0.25) is 9.59 Å². The van der Waals surface area contributed by atoms with Gasteiger partial charge in [-0.2, -0.15) is 0 Å². The lowest BCUT2D eigenvalue weighted by Gasteiger charge is -2.32. The third-order valence-electron chi connectivity index (χ3n) is 5.22. The highest BCUT2D eigenvalue weighted by Gasteiger charge is 2.40. The molecule has 0 unspecified atom stereocenters. The topological polar surface area (TPSA) is 53.5 Å². The van der Waals surface area contributed by atoms with Crippen molar-refractivity contribution in [2.75, 3.05) is 20.1 Å². The summed E-state index contributed by atoms with van der Waals surface area (Å²) in [7, 11) is 1.86. The molecule has 5 nitrogen and oxygen atoms in total. The van der Waals surface area contributed by atoms with E-state index < -0.39 is 0 Å². The van der Waals surface area contributed by atoms with E-state index in [-0.39, 0.29) is 23.8 Å². The van der Waals surface area contributed by atoms with Crippen LogP contribution in [0, 0.1) is 5.92 Å². The molecule has 3 aliphatic heterocycles. The summed E-state index contributed by atoms with van der Waals surface area (Å²) in [6.45, 7) is 1.20. The van der Waals surface area contributed by atoms with Crippen molar-refractivity contribution in [3.05, 3.63) is 41.4 Å². The van der Waals surface area contributed by atoms with Crippen LogP contribution >= 0.6 is 11.3 Å². The van der Waals surface area contributed by atoms with E-state index >= 15 is 0 Å². The Morgan fingerprint density at radius 1 is 1.24 bits per heavy atom. The Morgan fingerprint density at radius 2 is 2.04 bits per heavy atom. The van der Waals surface area contributed by atoms with Gasteiger partial charge < -0.3 is 9.80 Å². The first-order valence-electron chi connectivity index (χ1n) is 8.66. The Morgan fingerprint density at radius 3 is 2.84 bits per heavy atom. The number of amides is 2. The monoisotopic (exact) mass is 355 g/mol. The molecule has 2 aromatic rings. The maximum Gasteiger partial charge on any atom is 0.228 e. The van der Waals surface area contributed by atoms with Crippen LogP contribution in [0.4, 0.5) is 0 Å². The molecule has 0 N–H and O–H groups in total. The number of carbonyl (C=O) groups excluding carboxylic acids is 2. The second kappa shape index (κ2) is 6.59. The van der Waals surface area contributed by atoms with E-state index in [0.717, 1.165) is 29.1 Å². The highest BCUT2D eigenvalue weighted by atomic mass is 32.1. The summed E-state index contributed by atoms with van der Waals surface area (Å²) in [5, 5.41) is 2.90. The number of carbonyl (C=O) groups is 2. The fraction of sp³-hybridized carbons (Fsp3) is 0.421. The SMILES string of the molecule is CN1C(=O)[C@H]2CC[C@@H]1CN(C(=O)Cc1csc(-c3ccccc3)n1)C2. The molecule has 0 aliphatic carbocycles. The molecule has 5 rings (SSSR count). The molecule has 6 heteroatoms. The predicted octanol–water partition coefficient (Wildman–Crippen LogP) is 2.43. The van der Waals surface area contributed by atoms with Crippen LogP contribution in [0.15, 0.2) is 35.7 Å². The summed E-state index contributed by atoms with van der Waals surface area (Å²) in [5.74, 6) is 0.222. The van der Waals surface area contributed by atoms with Gasteiger partial charge in [0, 0.05) is 37.1 Å². The first kappa shape index (κ1) is 16.3. The van der Waals surface area contributed by atoms with Gasteiger partial charge in [-0.1, -0.05) is 30.3 Å². The molecule has 0 radical (unpaired) electrons. The van der Waals surface area contributed by atoms with Crippen molar-refractivity contribution in [1.82, 2.24) is 14.8 Å². The highest BCUT2D eigenvalue weighted by molar-refractivity contribution is 7.13. The van der Waals surface area contributed by atoms with Gasteiger partial charge in [0.25, 0.3) is 0 Å². The predicted molar refractivity (Wildman–Crippen MR) is 97.1 cm³/mol. The van der Waals surface area contributed by atoms with Crippen LogP contribution in [0.2, 0.25) is 0 Å². The normalized spacial score (nSPS) is 23.0. The van der Waals surface area contributed by atoms with E-state index in [0.29, 0.717) is 19.5 Å². The lowest BCUT2D eigenvalue weighted by atomic mass is 9.95. The summed E-state index contributed by atoms with van der Waals surface area (Å²) in [6, 6.07) is 10.2. The van der Waals surface area contributed by atoms with Crippen molar-refractivity contribution in [2.24, 2.45) is 5.92 Å². The summed E-state index contributed by atoms with van der Waals surface area (Å²) < 4.78 is 0. The van der Waals surface area contributed by atoms with Crippen molar-refractivity contribution in [1.29, 1.82) is 0 Å². The van der Waals surface area contributed by atoms with E-state index in [2.05, 4.69) is 4.98 Å². The summed E-state index contributed by atoms with van der Waals surface area (Å²) in [4.78, 5) is 33.3. The third-order valence-corrected chi connectivity index (χ3v) is 6.16. The Hall–Kier alpha value is -2.21. The molecule has 2 bridgehead atoms. The van der Waals surface area contributed by atoms with Gasteiger partial charge >= 0.3 is 0 Å². The minimum Gasteiger partial charge on any atom is -0.341 e. The average Bonchev–Trinajstić information content (AvgIpc) is 2.92. The van der Waals surface area contributed by atoms with Crippen LogP contribution < -0.4 is 0 Å². The molecule has 3 aliphatic rings. The number of fused-ring (bicyclic) bond motifs is 4. The fourth-order valence-electron chi connectivity index (χ4n) is 3.73. The molecule has 25 heavy (non-hydrogen) atoms. The number of piperidine rings is 1. The lowest BCUT2D eigenvalue weighted by Crippen LogP contribution is -2.45. The number of rotatable bonds is 3. The Balaban J connectivity index is 1.46. The molecule has 4 heterocycles. The number of nitrogens with zero attached hydrogens (tertiary/aromatic N) is 3. The molecule has 0 spiro atoms. The summed E-state index contributed by atoms with van der Waals surface area (Å²) >= 11 is 1.57. The van der Waals surface area contributed by atoms with E-state index in [9.17, 15) is 9.59 Å². The fourth-order valence-corrected chi connectivity index (χ4v) is 4.55. The van der Waals surface area contributed by atoms with Crippen LogP contribution in [0.25, 0.3) is 10.6 Å². The second-order valence-electron chi connectivity index (χ2n) is 6.86. The number of likely N-dealkylation sites (N-methyl/N-ethyl adjacent to an activating group) is 1. The number of hydrogen-bond acceptors (Lipinski definition) is 4. The van der Waals surface area contributed by atoms with E-state index in [1.165, 1.54) is 0 Å². The molecular weight excluding hydrogens is 334 g/mol. The number of aromatic nitrogens is 1. The zero-order valence-corrected chi connectivity index (χ0v) is 15.0. The molecule has 0 saturated carbocycles. The molecule has 2 atom stereocenters. The van der Waals surface area contributed by atoms with E-state index in [1.54, 1.807) is 11.3 Å². The molecule has 1 aromatic carbocycles. The van der Waals surface area contributed by atoms with Gasteiger partial charge in [0.2, 0.25) is 11.8 Å². The van der Waals surface area contributed by atoms with Crippen LogP contribution in [0.1, 0.15) is 18.5 Å². The number of benzene rings is 1. The minimum atomic E-state index is -0.0389. The van der Waals surface area contributed by atoms with Crippen molar-refractivity contribution < 1.29 is 9.59 Å². The number of thiazole rings is 1. The van der Waals surface area contributed by atoms with Gasteiger partial charge in [-0.25, -0.2) is 4.98 Å². The van der Waals surface area contributed by atoms with Crippen molar-refractivity contribution in [3.8, 4) is 10.6 Å². The van der Waals surface area contributed by atoms with Gasteiger partial charge in [0.1, 0.15) is 5.01 Å². The van der Waals surface area contributed by atoms with Crippen LogP contribution in [-0.4, -0.2) is 52.8 Å². The van der Waals surface area contributed by atoms with Crippen molar-refractivity contribution >= 4 is 23.2 Å². The van der Waals surface area contributed by atoms with Gasteiger partial charge in [0.15, 0.2) is 0 Å². The Kier molecular flexibility index (Phi) is 4.29. The van der Waals surface area contributed by atoms with Gasteiger partial charge in [0.05, 0.1) is 18.0 Å². The van der Waals surface area contributed by atoms with Gasteiger partial charge in [-0.05, 0) is 12.8 Å². The van der Waals surface area contributed by atoms with E-state index in [1.807, 2.05) is 52.6 Å². The summed E-state index contributed by atoms with van der Waals surface area (Å²) in [5.41, 5.74) is 1.89. The zero-order valence-electron chi connectivity index (χ0n) is 14.2. The van der Waals surface area contributed by atoms with Crippen molar-refractivity contribution in [3.63, 3.8) is 0 Å². The zero-order chi connectivity index (χ0) is 17.4. The highest BCUT2D eigenvalue weighted by Crippen LogP contribution is 2.29. The molecule has 3 saturated heterocycles. The standard InChI is InChI=1S/C19H21N3O2S/c1-21-16-8-7-14(19(21)24)10-22(11-16)17(23)9-15-12-25-18(20-15)13-5-3-2-4-6-13/h2-6,12,14,16H,7-11H2,1H3/t14-,16+/m0/s1. The molecule has 3 fully saturated rings. The molecule has 1 aromatic heterocycles. The minimum absolute atomic E-state index is 0.0389. The second-order valence-corrected chi connectivity index (χ2v) is 7.72. The van der Waals surface area contributed by atoms with Crippen LogP contribution in [0.3, 0.4) is 0 Å². The first-order valence-corrected chi connectivity index (χ1v) is 9.54. The first-order chi connectivity index (χ1) is 12.1. The smallest absolute Gasteiger partial charge is 0.228 e. The maximum absolute atomic E-state index is 12.8.